The monoisotopic (exact) mass is 533 g/mol. The highest BCUT2D eigenvalue weighted by atomic mass is 79.9. The van der Waals surface area contributed by atoms with Gasteiger partial charge in [-0.15, -0.1) is 11.3 Å². The van der Waals surface area contributed by atoms with Gasteiger partial charge >= 0.3 is 21.6 Å². The molecule has 7 nitrogen and oxygen atoms in total. The summed E-state index contributed by atoms with van der Waals surface area (Å²) in [5.41, 5.74) is -6.34. The van der Waals surface area contributed by atoms with Crippen LogP contribution in [-0.4, -0.2) is 37.1 Å². The molecule has 0 fully saturated rings. The molecule has 1 heterocycles. The number of esters is 1. The van der Waals surface area contributed by atoms with E-state index in [1.165, 1.54) is 13.0 Å². The molecule has 2 rings (SSSR count). The summed E-state index contributed by atoms with van der Waals surface area (Å²) in [6.07, 6.45) is -1.53. The number of rotatable bonds is 6. The minimum Gasteiger partial charge on any atom is -0.464 e. The van der Waals surface area contributed by atoms with Gasteiger partial charge in [0.25, 0.3) is 0 Å². The number of aromatic nitrogens is 1. The Morgan fingerprint density at radius 2 is 1.90 bits per heavy atom. The van der Waals surface area contributed by atoms with Crippen molar-refractivity contribution in [2.75, 3.05) is 6.61 Å². The molecule has 168 valence electrons. The van der Waals surface area contributed by atoms with Crippen molar-refractivity contribution in [2.24, 2.45) is 0 Å². The molecule has 1 atom stereocenters. The van der Waals surface area contributed by atoms with Crippen molar-refractivity contribution in [1.29, 1.82) is 0 Å². The van der Waals surface area contributed by atoms with Crippen molar-refractivity contribution in [3.05, 3.63) is 21.1 Å². The van der Waals surface area contributed by atoms with Gasteiger partial charge in [-0.25, -0.2) is 9.78 Å². The zero-order valence-electron chi connectivity index (χ0n) is 16.6. The molecule has 13 heteroatoms. The van der Waals surface area contributed by atoms with Crippen LogP contribution < -0.4 is 4.18 Å². The average molecular weight is 534 g/mol. The van der Waals surface area contributed by atoms with Gasteiger partial charge in [0, 0.05) is 5.56 Å². The molecule has 0 aliphatic carbocycles. The Bertz CT molecular complexity index is 1060. The first-order chi connectivity index (χ1) is 13.6. The van der Waals surface area contributed by atoms with Gasteiger partial charge in [0.15, 0.2) is 15.8 Å². The van der Waals surface area contributed by atoms with Crippen LogP contribution in [0.1, 0.15) is 44.9 Å². The third kappa shape index (κ3) is 5.42. The number of fused-ring (bicyclic) bond motifs is 1. The molecule has 0 aliphatic rings. The molecular weight excluding hydrogens is 515 g/mol. The summed E-state index contributed by atoms with van der Waals surface area (Å²) in [7, 11) is -6.03. The summed E-state index contributed by atoms with van der Waals surface area (Å²) in [6.45, 7) is 7.89. The molecule has 2 aromatic rings. The summed E-state index contributed by atoms with van der Waals surface area (Å²) in [5.74, 6) is -1.57. The van der Waals surface area contributed by atoms with Crippen molar-refractivity contribution >= 4 is 53.6 Å². The number of carbonyl (C=O) groups excluding carboxylic acids is 1. The topological polar surface area (TPSA) is 91.8 Å². The molecule has 0 radical (unpaired) electrons. The quantitative estimate of drug-likeness (QED) is 0.292. The van der Waals surface area contributed by atoms with Crippen LogP contribution in [0.5, 0.6) is 5.75 Å². The third-order valence-corrected chi connectivity index (χ3v) is 6.04. The van der Waals surface area contributed by atoms with E-state index < -0.39 is 39.1 Å². The van der Waals surface area contributed by atoms with Gasteiger partial charge in [-0.2, -0.15) is 21.6 Å². The predicted octanol–water partition coefficient (Wildman–Crippen LogP) is 5.01. The highest BCUT2D eigenvalue weighted by Crippen LogP contribution is 2.44. The van der Waals surface area contributed by atoms with Gasteiger partial charge in [0.2, 0.25) is 0 Å². The number of hydrogen-bond donors (Lipinski definition) is 0. The normalized spacial score (nSPS) is 14.0. The lowest BCUT2D eigenvalue weighted by molar-refractivity contribution is -0.167. The lowest BCUT2D eigenvalue weighted by atomic mass is 10.0. The number of ether oxygens (including phenoxy) is 2. The molecule has 1 unspecified atom stereocenters. The fourth-order valence-electron chi connectivity index (χ4n) is 2.51. The highest BCUT2D eigenvalue weighted by molar-refractivity contribution is 9.11. The van der Waals surface area contributed by atoms with Crippen molar-refractivity contribution in [1.82, 2.24) is 4.98 Å². The Kier molecular flexibility index (Phi) is 7.11. The van der Waals surface area contributed by atoms with Crippen molar-refractivity contribution in [2.45, 2.75) is 51.8 Å². The number of nitrogens with zero attached hydrogens (tertiary/aromatic N) is 1. The number of hydrogen-bond acceptors (Lipinski definition) is 8. The van der Waals surface area contributed by atoms with E-state index in [4.69, 9.17) is 9.47 Å². The van der Waals surface area contributed by atoms with E-state index in [2.05, 4.69) is 25.1 Å². The Labute approximate surface area is 183 Å². The van der Waals surface area contributed by atoms with Gasteiger partial charge in [-0.3, -0.25) is 0 Å². The lowest BCUT2D eigenvalue weighted by Crippen LogP contribution is -2.31. The molecule has 0 N–H and O–H groups in total. The van der Waals surface area contributed by atoms with E-state index in [9.17, 15) is 26.4 Å². The fourth-order valence-corrected chi connectivity index (χ4v) is 4.49. The van der Waals surface area contributed by atoms with Crippen LogP contribution in [0.2, 0.25) is 0 Å². The lowest BCUT2D eigenvalue weighted by Gasteiger charge is -2.28. The van der Waals surface area contributed by atoms with Crippen molar-refractivity contribution in [3.8, 4) is 5.75 Å². The number of thiazole rings is 1. The van der Waals surface area contributed by atoms with Crippen LogP contribution in [-0.2, 0) is 24.4 Å². The van der Waals surface area contributed by atoms with E-state index in [1.54, 1.807) is 27.7 Å². The molecule has 0 bridgehead atoms. The predicted molar refractivity (Wildman–Crippen MR) is 108 cm³/mol. The van der Waals surface area contributed by atoms with Crippen LogP contribution >= 0.6 is 27.3 Å². The average Bonchev–Trinajstić information content (AvgIpc) is 2.91. The van der Waals surface area contributed by atoms with E-state index in [1.807, 2.05) is 0 Å². The molecule has 0 amide bonds. The molecule has 0 aliphatic heterocycles. The molecule has 1 aromatic carbocycles. The van der Waals surface area contributed by atoms with Crippen LogP contribution in [0.15, 0.2) is 9.98 Å². The van der Waals surface area contributed by atoms with Crippen LogP contribution in [0, 0.1) is 6.92 Å². The minimum atomic E-state index is -6.03. The number of carbonyl (C=O) groups is 1. The van der Waals surface area contributed by atoms with E-state index in [-0.39, 0.29) is 31.9 Å². The number of halogens is 4. The summed E-state index contributed by atoms with van der Waals surface area (Å²) in [6, 6.07) is 1.50. The molecular formula is C17H19BrF3NO6S2. The Morgan fingerprint density at radius 1 is 1.30 bits per heavy atom. The summed E-state index contributed by atoms with van der Waals surface area (Å²) in [5, 5.41) is 0. The maximum atomic E-state index is 13.1. The molecule has 30 heavy (non-hydrogen) atoms. The first-order valence-corrected chi connectivity index (χ1v) is 11.5. The Morgan fingerprint density at radius 3 is 2.40 bits per heavy atom. The zero-order valence-corrected chi connectivity index (χ0v) is 19.8. The van der Waals surface area contributed by atoms with Gasteiger partial charge in [0.05, 0.1) is 22.4 Å². The summed E-state index contributed by atoms with van der Waals surface area (Å²) >= 11 is 3.98. The number of alkyl halides is 3. The second-order valence-electron chi connectivity index (χ2n) is 7.10. The first kappa shape index (κ1) is 24.8. The smallest absolute Gasteiger partial charge is 0.464 e. The van der Waals surface area contributed by atoms with Crippen LogP contribution in [0.3, 0.4) is 0 Å². The Balaban J connectivity index is 2.84. The molecule has 1 aromatic heterocycles. The number of benzene rings is 1. The molecule has 0 saturated heterocycles. The summed E-state index contributed by atoms with van der Waals surface area (Å²) < 4.78 is 78.4. The molecule has 0 saturated carbocycles. The van der Waals surface area contributed by atoms with Gasteiger partial charge in [-0.1, -0.05) is 0 Å². The summed E-state index contributed by atoms with van der Waals surface area (Å²) in [4.78, 5) is 16.7. The molecule has 0 spiro atoms. The van der Waals surface area contributed by atoms with Gasteiger partial charge in [-0.05, 0) is 62.2 Å². The van der Waals surface area contributed by atoms with Crippen molar-refractivity contribution in [3.63, 3.8) is 0 Å². The van der Waals surface area contributed by atoms with Crippen LogP contribution in [0.25, 0.3) is 10.2 Å². The fraction of sp³-hybridized carbons (Fsp3) is 0.529. The second kappa shape index (κ2) is 8.60. The SMILES string of the molecule is CCOC(=O)C(OC(C)(C)C)c1c(C)cc2nc(Br)sc2c1OS(=O)(=O)C(F)(F)F. The van der Waals surface area contributed by atoms with Gasteiger partial charge in [0.1, 0.15) is 0 Å². The largest absolute Gasteiger partial charge is 0.534 e. The van der Waals surface area contributed by atoms with Crippen molar-refractivity contribution < 1.29 is 40.0 Å². The maximum Gasteiger partial charge on any atom is 0.534 e. The third-order valence-electron chi connectivity index (χ3n) is 3.57. The Hall–Kier alpha value is -1.44. The van der Waals surface area contributed by atoms with E-state index in [0.717, 1.165) is 11.3 Å². The minimum absolute atomic E-state index is 0.00195. The first-order valence-electron chi connectivity index (χ1n) is 8.52. The number of aryl methyl sites for hydroxylation is 1. The van der Waals surface area contributed by atoms with E-state index >= 15 is 0 Å². The standard InChI is InChI=1S/C17H19BrF3NO6S2/c1-6-26-14(23)12(27-16(3,4)5)10-8(2)7-9-13(29-15(18)22-9)11(10)28-30(24,25)17(19,20)21/h7,12H,6H2,1-5H3. The highest BCUT2D eigenvalue weighted by Gasteiger charge is 2.49. The second-order valence-corrected chi connectivity index (χ2v) is 10.9. The van der Waals surface area contributed by atoms with Crippen LogP contribution in [0.4, 0.5) is 13.2 Å². The van der Waals surface area contributed by atoms with Gasteiger partial charge < -0.3 is 13.7 Å². The van der Waals surface area contributed by atoms with E-state index in [0.29, 0.717) is 0 Å². The zero-order chi connectivity index (χ0) is 23.1. The maximum absolute atomic E-state index is 13.1.